The van der Waals surface area contributed by atoms with Gasteiger partial charge in [0.2, 0.25) is 10.0 Å². The standard InChI is InChI=1S/C9H9F3N2O6S/c10-9(11,12)8(16)4-13-21(19,20)5-1-2-7(15)6(3-5)14(17)18/h1-3,8,13,15-16H,4H2. The summed E-state index contributed by atoms with van der Waals surface area (Å²) in [6.07, 6.45) is -7.93. The van der Waals surface area contributed by atoms with E-state index in [0.717, 1.165) is 6.07 Å². The van der Waals surface area contributed by atoms with Gasteiger partial charge in [-0.1, -0.05) is 0 Å². The summed E-state index contributed by atoms with van der Waals surface area (Å²) in [7, 11) is -4.51. The SMILES string of the molecule is O=[N+]([O-])c1cc(S(=O)(=O)NCC(O)C(F)(F)F)ccc1O. The summed E-state index contributed by atoms with van der Waals surface area (Å²) in [6, 6.07) is 1.97. The third kappa shape index (κ3) is 4.27. The van der Waals surface area contributed by atoms with E-state index >= 15 is 0 Å². The molecule has 118 valence electrons. The van der Waals surface area contributed by atoms with Crippen molar-refractivity contribution in [2.75, 3.05) is 6.54 Å². The number of benzene rings is 1. The Morgan fingerprint density at radius 1 is 1.38 bits per heavy atom. The minimum absolute atomic E-state index is 0.484. The van der Waals surface area contributed by atoms with Gasteiger partial charge >= 0.3 is 11.9 Å². The van der Waals surface area contributed by atoms with Crippen LogP contribution in [-0.4, -0.2) is 42.4 Å². The van der Waals surface area contributed by atoms with Gasteiger partial charge in [-0.25, -0.2) is 13.1 Å². The molecule has 0 fully saturated rings. The first-order chi connectivity index (χ1) is 9.45. The Labute approximate surface area is 116 Å². The van der Waals surface area contributed by atoms with Gasteiger partial charge < -0.3 is 10.2 Å². The molecule has 0 aliphatic heterocycles. The van der Waals surface area contributed by atoms with Gasteiger partial charge in [-0.15, -0.1) is 0 Å². The van der Waals surface area contributed by atoms with Crippen LogP contribution in [0.2, 0.25) is 0 Å². The number of nitro benzene ring substituents is 1. The van der Waals surface area contributed by atoms with Crippen LogP contribution in [0.1, 0.15) is 0 Å². The highest BCUT2D eigenvalue weighted by molar-refractivity contribution is 7.89. The van der Waals surface area contributed by atoms with E-state index in [1.807, 2.05) is 0 Å². The fourth-order valence-electron chi connectivity index (χ4n) is 1.20. The number of aromatic hydroxyl groups is 1. The molecular formula is C9H9F3N2O6S. The van der Waals surface area contributed by atoms with Crippen LogP contribution in [0.4, 0.5) is 18.9 Å². The molecule has 12 heteroatoms. The zero-order chi connectivity index (χ0) is 16.4. The highest BCUT2D eigenvalue weighted by atomic mass is 32.2. The fourth-order valence-corrected chi connectivity index (χ4v) is 2.26. The van der Waals surface area contributed by atoms with Crippen molar-refractivity contribution in [1.82, 2.24) is 4.72 Å². The largest absolute Gasteiger partial charge is 0.502 e. The van der Waals surface area contributed by atoms with E-state index in [1.165, 1.54) is 4.72 Å². The zero-order valence-electron chi connectivity index (χ0n) is 10.0. The number of aliphatic hydroxyl groups is 1. The van der Waals surface area contributed by atoms with E-state index in [4.69, 9.17) is 10.2 Å². The van der Waals surface area contributed by atoms with Crippen LogP contribution in [-0.2, 0) is 10.0 Å². The average molecular weight is 330 g/mol. The number of nitrogens with zero attached hydrogens (tertiary/aromatic N) is 1. The highest BCUT2D eigenvalue weighted by Gasteiger charge is 2.38. The summed E-state index contributed by atoms with van der Waals surface area (Å²) in [4.78, 5) is 8.76. The molecule has 1 unspecified atom stereocenters. The van der Waals surface area contributed by atoms with Crippen molar-refractivity contribution in [3.63, 3.8) is 0 Å². The molecule has 0 radical (unpaired) electrons. The van der Waals surface area contributed by atoms with Crippen LogP contribution in [0.5, 0.6) is 5.75 Å². The van der Waals surface area contributed by atoms with Crippen LogP contribution in [0, 0.1) is 10.1 Å². The second-order valence-corrected chi connectivity index (χ2v) is 5.58. The lowest BCUT2D eigenvalue weighted by atomic mass is 10.3. The molecule has 1 rings (SSSR count). The summed E-state index contributed by atoms with van der Waals surface area (Å²) in [5, 5.41) is 28.4. The summed E-state index contributed by atoms with van der Waals surface area (Å²) in [5.74, 6) is -0.797. The summed E-state index contributed by atoms with van der Waals surface area (Å²) < 4.78 is 60.9. The van der Waals surface area contributed by atoms with E-state index in [2.05, 4.69) is 0 Å². The lowest BCUT2D eigenvalue weighted by Crippen LogP contribution is -2.40. The van der Waals surface area contributed by atoms with Gasteiger partial charge in [0.1, 0.15) is 0 Å². The Morgan fingerprint density at radius 2 is 1.95 bits per heavy atom. The first-order valence-electron chi connectivity index (χ1n) is 5.17. The van der Waals surface area contributed by atoms with Crippen LogP contribution in [0.3, 0.4) is 0 Å². The Morgan fingerprint density at radius 3 is 2.43 bits per heavy atom. The number of hydrogen-bond acceptors (Lipinski definition) is 6. The highest BCUT2D eigenvalue weighted by Crippen LogP contribution is 2.28. The monoisotopic (exact) mass is 330 g/mol. The van der Waals surface area contributed by atoms with Crippen LogP contribution in [0.25, 0.3) is 0 Å². The van der Waals surface area contributed by atoms with Gasteiger partial charge in [0, 0.05) is 12.6 Å². The maximum absolute atomic E-state index is 12.0. The maximum atomic E-state index is 12.0. The molecule has 0 heterocycles. The molecule has 8 nitrogen and oxygen atoms in total. The van der Waals surface area contributed by atoms with Gasteiger partial charge in [-0.2, -0.15) is 13.2 Å². The van der Waals surface area contributed by atoms with Crippen LogP contribution in [0.15, 0.2) is 23.1 Å². The second kappa shape index (κ2) is 5.83. The van der Waals surface area contributed by atoms with Crippen LogP contribution < -0.4 is 4.72 Å². The van der Waals surface area contributed by atoms with Crippen molar-refractivity contribution in [1.29, 1.82) is 0 Å². The number of nitro groups is 1. The fraction of sp³-hybridized carbons (Fsp3) is 0.333. The molecule has 1 aromatic rings. The lowest BCUT2D eigenvalue weighted by molar-refractivity contribution is -0.386. The predicted molar refractivity (Wildman–Crippen MR) is 62.0 cm³/mol. The number of alkyl halides is 3. The summed E-state index contributed by atoms with van der Waals surface area (Å²) >= 11 is 0. The predicted octanol–water partition coefficient (Wildman–Crippen LogP) is 0.502. The second-order valence-electron chi connectivity index (χ2n) is 3.82. The van der Waals surface area contributed by atoms with E-state index < -0.39 is 50.1 Å². The Balaban J connectivity index is 2.99. The van der Waals surface area contributed by atoms with E-state index in [9.17, 15) is 31.7 Å². The molecule has 0 bridgehead atoms. The van der Waals surface area contributed by atoms with E-state index in [1.54, 1.807) is 0 Å². The number of rotatable bonds is 5. The topological polar surface area (TPSA) is 130 Å². The number of aliphatic hydroxyl groups excluding tert-OH is 1. The number of hydrogen-bond donors (Lipinski definition) is 3. The molecule has 0 spiro atoms. The number of sulfonamides is 1. The van der Waals surface area contributed by atoms with E-state index in [0.29, 0.717) is 12.1 Å². The van der Waals surface area contributed by atoms with Gasteiger partial charge in [-0.3, -0.25) is 10.1 Å². The van der Waals surface area contributed by atoms with Gasteiger partial charge in [0.05, 0.1) is 9.82 Å². The molecule has 1 aromatic carbocycles. The molecule has 0 saturated heterocycles. The first-order valence-corrected chi connectivity index (χ1v) is 6.65. The molecule has 21 heavy (non-hydrogen) atoms. The Bertz CT molecular complexity index is 645. The maximum Gasteiger partial charge on any atom is 0.415 e. The smallest absolute Gasteiger partial charge is 0.415 e. The number of phenols is 1. The van der Waals surface area contributed by atoms with Crippen LogP contribution >= 0.6 is 0 Å². The minimum atomic E-state index is -5.01. The summed E-state index contributed by atoms with van der Waals surface area (Å²) in [5.41, 5.74) is -0.922. The van der Waals surface area contributed by atoms with Crippen molar-refractivity contribution in [2.45, 2.75) is 17.2 Å². The van der Waals surface area contributed by atoms with Crippen molar-refractivity contribution in [3.8, 4) is 5.75 Å². The third-order valence-electron chi connectivity index (χ3n) is 2.30. The third-order valence-corrected chi connectivity index (χ3v) is 3.72. The van der Waals surface area contributed by atoms with Gasteiger partial charge in [0.25, 0.3) is 0 Å². The number of halogens is 3. The molecular weight excluding hydrogens is 321 g/mol. The normalized spacial score (nSPS) is 13.9. The molecule has 0 aliphatic carbocycles. The number of nitrogens with one attached hydrogen (secondary N) is 1. The number of phenolic OH excluding ortho intramolecular Hbond substituents is 1. The molecule has 0 amide bonds. The first kappa shape index (κ1) is 17.1. The van der Waals surface area contributed by atoms with Gasteiger partial charge in [-0.05, 0) is 12.1 Å². The molecule has 0 saturated carbocycles. The van der Waals surface area contributed by atoms with Crippen molar-refractivity contribution >= 4 is 15.7 Å². The quantitative estimate of drug-likeness (QED) is 0.532. The Kier molecular flexibility index (Phi) is 4.76. The lowest BCUT2D eigenvalue weighted by Gasteiger charge is -2.15. The zero-order valence-corrected chi connectivity index (χ0v) is 10.8. The molecule has 3 N–H and O–H groups in total. The van der Waals surface area contributed by atoms with Crippen molar-refractivity contribution < 1.29 is 36.7 Å². The molecule has 1 atom stereocenters. The van der Waals surface area contributed by atoms with Crippen molar-refractivity contribution in [3.05, 3.63) is 28.3 Å². The van der Waals surface area contributed by atoms with Gasteiger partial charge in [0.15, 0.2) is 11.9 Å². The molecule has 0 aliphatic rings. The minimum Gasteiger partial charge on any atom is -0.502 e. The van der Waals surface area contributed by atoms with E-state index in [-0.39, 0.29) is 0 Å². The summed E-state index contributed by atoms with van der Waals surface area (Å²) in [6.45, 7) is -1.35. The van der Waals surface area contributed by atoms with Crippen molar-refractivity contribution in [2.24, 2.45) is 0 Å². The average Bonchev–Trinajstić information content (AvgIpc) is 2.34. The Hall–Kier alpha value is -1.92. The molecule has 0 aromatic heterocycles.